The maximum absolute atomic E-state index is 12.6. The van der Waals surface area contributed by atoms with Gasteiger partial charge < -0.3 is 4.90 Å². The molecule has 3 nitrogen and oxygen atoms in total. The van der Waals surface area contributed by atoms with Crippen molar-refractivity contribution < 1.29 is 18.0 Å². The molecule has 0 bridgehead atoms. The predicted octanol–water partition coefficient (Wildman–Crippen LogP) is 3.90. The van der Waals surface area contributed by atoms with E-state index in [-0.39, 0.29) is 12.3 Å². The van der Waals surface area contributed by atoms with E-state index in [0.29, 0.717) is 18.7 Å². The molecule has 27 heavy (non-hydrogen) atoms. The molecule has 2 aromatic rings. The Morgan fingerprint density at radius 2 is 1.63 bits per heavy atom. The topological polar surface area (TPSA) is 23.6 Å². The minimum absolute atomic E-state index is 0.0371. The number of carbonyl (C=O) groups is 1. The maximum atomic E-state index is 12.6. The lowest BCUT2D eigenvalue weighted by Gasteiger charge is -2.35. The Bertz CT molecular complexity index is 779. The zero-order chi connectivity index (χ0) is 19.4. The van der Waals surface area contributed by atoms with Crippen molar-refractivity contribution in [1.82, 2.24) is 9.80 Å². The van der Waals surface area contributed by atoms with Crippen LogP contribution in [0.5, 0.6) is 0 Å². The van der Waals surface area contributed by atoms with E-state index in [0.717, 1.165) is 31.8 Å². The first kappa shape index (κ1) is 19.4. The van der Waals surface area contributed by atoms with Crippen LogP contribution in [0.2, 0.25) is 0 Å². The molecule has 144 valence electrons. The summed E-state index contributed by atoms with van der Waals surface area (Å²) in [6.07, 6.45) is -4.22. The molecule has 1 heterocycles. The summed E-state index contributed by atoms with van der Waals surface area (Å²) >= 11 is 0. The summed E-state index contributed by atoms with van der Waals surface area (Å²) in [4.78, 5) is 16.6. The Morgan fingerprint density at radius 1 is 0.963 bits per heavy atom. The molecule has 2 aromatic carbocycles. The number of carbonyl (C=O) groups excluding carboxylic acids is 1. The first-order valence-electron chi connectivity index (χ1n) is 9.03. The SMILES string of the molecule is Cc1cccc(CN2CCN(C(=O)Cc3ccc(C(F)(F)F)cc3)CC2)c1. The summed E-state index contributed by atoms with van der Waals surface area (Å²) in [5.74, 6) is -0.0371. The zero-order valence-corrected chi connectivity index (χ0v) is 15.3. The van der Waals surface area contributed by atoms with Gasteiger partial charge >= 0.3 is 6.18 Å². The maximum Gasteiger partial charge on any atom is 0.416 e. The zero-order valence-electron chi connectivity index (χ0n) is 15.3. The molecule has 1 aliphatic rings. The minimum atomic E-state index is -4.35. The summed E-state index contributed by atoms with van der Waals surface area (Å²) in [7, 11) is 0. The Hall–Kier alpha value is -2.34. The molecule has 3 rings (SSSR count). The normalized spacial score (nSPS) is 15.8. The summed E-state index contributed by atoms with van der Waals surface area (Å²) < 4.78 is 37.8. The van der Waals surface area contributed by atoms with Crippen molar-refractivity contribution in [3.63, 3.8) is 0 Å². The average Bonchev–Trinajstić information content (AvgIpc) is 2.62. The lowest BCUT2D eigenvalue weighted by atomic mass is 10.1. The highest BCUT2D eigenvalue weighted by Gasteiger charge is 2.30. The predicted molar refractivity (Wildman–Crippen MR) is 98.2 cm³/mol. The highest BCUT2D eigenvalue weighted by molar-refractivity contribution is 5.78. The van der Waals surface area contributed by atoms with Crippen LogP contribution in [0, 0.1) is 6.92 Å². The summed E-state index contributed by atoms with van der Waals surface area (Å²) in [6.45, 7) is 5.82. The van der Waals surface area contributed by atoms with Crippen LogP contribution in [0.15, 0.2) is 48.5 Å². The number of hydrogen-bond acceptors (Lipinski definition) is 2. The quantitative estimate of drug-likeness (QED) is 0.808. The van der Waals surface area contributed by atoms with E-state index in [4.69, 9.17) is 0 Å². The lowest BCUT2D eigenvalue weighted by molar-refractivity contribution is -0.137. The molecule has 1 fully saturated rings. The molecule has 0 N–H and O–H groups in total. The molecular formula is C21H23F3N2O. The summed E-state index contributed by atoms with van der Waals surface area (Å²) in [6, 6.07) is 13.2. The molecule has 0 spiro atoms. The molecular weight excluding hydrogens is 353 g/mol. The fourth-order valence-corrected chi connectivity index (χ4v) is 3.32. The minimum Gasteiger partial charge on any atom is -0.340 e. The van der Waals surface area contributed by atoms with Gasteiger partial charge in [-0.1, -0.05) is 42.0 Å². The monoisotopic (exact) mass is 376 g/mol. The lowest BCUT2D eigenvalue weighted by Crippen LogP contribution is -2.48. The fraction of sp³-hybridized carbons (Fsp3) is 0.381. The second kappa shape index (κ2) is 8.13. The van der Waals surface area contributed by atoms with Crippen molar-refractivity contribution in [2.24, 2.45) is 0 Å². The van der Waals surface area contributed by atoms with Gasteiger partial charge in [0.1, 0.15) is 0 Å². The Labute approximate surface area is 157 Å². The van der Waals surface area contributed by atoms with Gasteiger partial charge in [0.25, 0.3) is 0 Å². The van der Waals surface area contributed by atoms with E-state index in [2.05, 4.69) is 36.1 Å². The fourth-order valence-electron chi connectivity index (χ4n) is 3.32. The second-order valence-corrected chi connectivity index (χ2v) is 7.02. The molecule has 0 saturated carbocycles. The van der Waals surface area contributed by atoms with Crippen molar-refractivity contribution >= 4 is 5.91 Å². The van der Waals surface area contributed by atoms with Crippen molar-refractivity contribution in [2.45, 2.75) is 26.1 Å². The molecule has 1 saturated heterocycles. The van der Waals surface area contributed by atoms with E-state index in [1.165, 1.54) is 23.3 Å². The van der Waals surface area contributed by atoms with Gasteiger partial charge in [0.15, 0.2) is 0 Å². The number of nitrogens with zero attached hydrogens (tertiary/aromatic N) is 2. The first-order valence-corrected chi connectivity index (χ1v) is 9.03. The average molecular weight is 376 g/mol. The van der Waals surface area contributed by atoms with Gasteiger partial charge in [0, 0.05) is 32.7 Å². The molecule has 0 radical (unpaired) electrons. The van der Waals surface area contributed by atoms with Crippen molar-refractivity contribution in [2.75, 3.05) is 26.2 Å². The van der Waals surface area contributed by atoms with Crippen LogP contribution in [0.3, 0.4) is 0 Å². The van der Waals surface area contributed by atoms with Gasteiger partial charge in [-0.15, -0.1) is 0 Å². The van der Waals surface area contributed by atoms with Crippen LogP contribution in [0.1, 0.15) is 22.3 Å². The number of amides is 1. The van der Waals surface area contributed by atoms with Gasteiger partial charge in [-0.25, -0.2) is 0 Å². The number of alkyl halides is 3. The largest absolute Gasteiger partial charge is 0.416 e. The third-order valence-electron chi connectivity index (χ3n) is 4.85. The molecule has 0 unspecified atom stereocenters. The molecule has 1 aliphatic heterocycles. The van der Waals surface area contributed by atoms with Crippen LogP contribution >= 0.6 is 0 Å². The number of hydrogen-bond donors (Lipinski definition) is 0. The number of rotatable bonds is 4. The Balaban J connectivity index is 1.49. The number of piperazine rings is 1. The van der Waals surface area contributed by atoms with Gasteiger partial charge in [-0.2, -0.15) is 13.2 Å². The number of benzene rings is 2. The van der Waals surface area contributed by atoms with Gasteiger partial charge in [-0.3, -0.25) is 9.69 Å². The molecule has 0 aliphatic carbocycles. The van der Waals surface area contributed by atoms with Crippen molar-refractivity contribution in [3.05, 3.63) is 70.8 Å². The summed E-state index contributed by atoms with van der Waals surface area (Å²) in [5, 5.41) is 0. The van der Waals surface area contributed by atoms with E-state index in [9.17, 15) is 18.0 Å². The second-order valence-electron chi connectivity index (χ2n) is 7.02. The standard InChI is InChI=1S/C21H23F3N2O/c1-16-3-2-4-18(13-16)15-25-9-11-26(12-10-25)20(27)14-17-5-7-19(8-6-17)21(22,23)24/h2-8,13H,9-12,14-15H2,1H3. The third kappa shape index (κ3) is 5.32. The van der Waals surface area contributed by atoms with Gasteiger partial charge in [0.05, 0.1) is 12.0 Å². The van der Waals surface area contributed by atoms with E-state index < -0.39 is 11.7 Å². The van der Waals surface area contributed by atoms with E-state index in [1.807, 2.05) is 0 Å². The number of halogens is 3. The van der Waals surface area contributed by atoms with Crippen LogP contribution in [0.25, 0.3) is 0 Å². The van der Waals surface area contributed by atoms with Crippen LogP contribution in [0.4, 0.5) is 13.2 Å². The molecule has 6 heteroatoms. The molecule has 0 aromatic heterocycles. The summed E-state index contributed by atoms with van der Waals surface area (Å²) in [5.41, 5.74) is 2.41. The van der Waals surface area contributed by atoms with Crippen molar-refractivity contribution in [3.8, 4) is 0 Å². The van der Waals surface area contributed by atoms with Crippen LogP contribution in [-0.2, 0) is 23.9 Å². The molecule has 0 atom stereocenters. The van der Waals surface area contributed by atoms with Gasteiger partial charge in [-0.05, 0) is 30.2 Å². The van der Waals surface area contributed by atoms with E-state index in [1.54, 1.807) is 4.90 Å². The first-order chi connectivity index (χ1) is 12.8. The third-order valence-corrected chi connectivity index (χ3v) is 4.85. The Morgan fingerprint density at radius 3 is 2.22 bits per heavy atom. The van der Waals surface area contributed by atoms with Crippen LogP contribution in [-0.4, -0.2) is 41.9 Å². The number of aryl methyl sites for hydroxylation is 1. The smallest absolute Gasteiger partial charge is 0.340 e. The van der Waals surface area contributed by atoms with Gasteiger partial charge in [0.2, 0.25) is 5.91 Å². The Kier molecular flexibility index (Phi) is 5.85. The van der Waals surface area contributed by atoms with Crippen LogP contribution < -0.4 is 0 Å². The molecule has 1 amide bonds. The highest BCUT2D eigenvalue weighted by Crippen LogP contribution is 2.29. The highest BCUT2D eigenvalue weighted by atomic mass is 19.4. The van der Waals surface area contributed by atoms with Crippen molar-refractivity contribution in [1.29, 1.82) is 0 Å². The van der Waals surface area contributed by atoms with E-state index >= 15 is 0 Å².